The lowest BCUT2D eigenvalue weighted by Crippen LogP contribution is -2.20. The lowest BCUT2D eigenvalue weighted by atomic mass is 10.2. The number of nitrogens with zero attached hydrogens (tertiary/aromatic N) is 2. The van der Waals surface area contributed by atoms with E-state index in [0.717, 1.165) is 19.6 Å². The van der Waals surface area contributed by atoms with Gasteiger partial charge in [-0.1, -0.05) is 54.1 Å². The summed E-state index contributed by atoms with van der Waals surface area (Å²) in [6, 6.07) is 29.7. The fourth-order valence-corrected chi connectivity index (χ4v) is 5.80. The van der Waals surface area contributed by atoms with Crippen LogP contribution in [-0.4, -0.2) is 26.2 Å². The Morgan fingerprint density at radius 2 is 1.38 bits per heavy atom. The highest BCUT2D eigenvalue weighted by molar-refractivity contribution is 7.97. The molecule has 1 aliphatic heterocycles. The highest BCUT2D eigenvalue weighted by atomic mass is 32.2. The van der Waals surface area contributed by atoms with Crippen LogP contribution in [0.2, 0.25) is 0 Å². The van der Waals surface area contributed by atoms with E-state index >= 15 is 0 Å². The molecule has 4 nitrogen and oxygen atoms in total. The summed E-state index contributed by atoms with van der Waals surface area (Å²) in [5.41, 5.74) is 3.72. The third-order valence-electron chi connectivity index (χ3n) is 4.67. The van der Waals surface area contributed by atoms with E-state index in [1.807, 2.05) is 0 Å². The minimum atomic E-state index is -0.882. The van der Waals surface area contributed by atoms with E-state index in [0.29, 0.717) is 6.61 Å². The van der Waals surface area contributed by atoms with Gasteiger partial charge in [0.2, 0.25) is 8.45 Å². The molecule has 1 N–H and O–H groups in total. The third kappa shape index (κ3) is 5.31. The molecule has 0 spiro atoms. The van der Waals surface area contributed by atoms with E-state index < -0.39 is 8.45 Å². The second-order valence-electron chi connectivity index (χ2n) is 6.81. The maximum absolute atomic E-state index is 6.43. The predicted octanol–water partition coefficient (Wildman–Crippen LogP) is 5.86. The summed E-state index contributed by atoms with van der Waals surface area (Å²) in [4.78, 5) is 1.22. The Labute approximate surface area is 179 Å². The largest absolute Gasteiger partial charge is 0.321 e. The zero-order chi connectivity index (χ0) is 19.9. The highest BCUT2D eigenvalue weighted by Gasteiger charge is 2.34. The first kappa shape index (κ1) is 20.2. The molecular formula is C23H26N3OPS. The molecule has 3 aromatic rings. The van der Waals surface area contributed by atoms with Gasteiger partial charge in [0, 0.05) is 35.9 Å². The van der Waals surface area contributed by atoms with Crippen molar-refractivity contribution in [2.24, 2.45) is 0 Å². The molecule has 1 heterocycles. The van der Waals surface area contributed by atoms with Crippen LogP contribution in [0.4, 0.5) is 11.4 Å². The maximum Gasteiger partial charge on any atom is 0.248 e. The van der Waals surface area contributed by atoms with Gasteiger partial charge in [-0.2, -0.15) is 0 Å². The van der Waals surface area contributed by atoms with Crippen molar-refractivity contribution in [1.29, 1.82) is 0 Å². The molecule has 4 rings (SSSR count). The standard InChI is InChI=1S/C23H26N3OPS/c1-20-12-14-23(15-13-20)29-24-16-19-27-28-25(21-8-4-2-5-9-21)17-18-26(28)22-10-6-3-7-11-22/h2-15,24H,16-19H2,1H3. The van der Waals surface area contributed by atoms with Gasteiger partial charge in [0.25, 0.3) is 0 Å². The van der Waals surface area contributed by atoms with Gasteiger partial charge in [-0.05, 0) is 55.3 Å². The quantitative estimate of drug-likeness (QED) is 0.278. The van der Waals surface area contributed by atoms with E-state index in [2.05, 4.69) is 106 Å². The Bertz CT molecular complexity index is 832. The summed E-state index contributed by atoms with van der Waals surface area (Å²) in [5, 5.41) is 0. The molecule has 3 aromatic carbocycles. The lowest BCUT2D eigenvalue weighted by molar-refractivity contribution is 0.359. The van der Waals surface area contributed by atoms with E-state index in [1.165, 1.54) is 21.8 Å². The summed E-state index contributed by atoms with van der Waals surface area (Å²) in [6.07, 6.45) is 0. The molecule has 1 aliphatic rings. The minimum absolute atomic E-state index is 0.664. The first-order valence-corrected chi connectivity index (χ1v) is 11.8. The van der Waals surface area contributed by atoms with Crippen LogP contribution in [0, 0.1) is 6.92 Å². The van der Waals surface area contributed by atoms with Crippen LogP contribution in [0.1, 0.15) is 5.56 Å². The van der Waals surface area contributed by atoms with Crippen LogP contribution in [0.3, 0.4) is 0 Å². The van der Waals surface area contributed by atoms with Crippen molar-refractivity contribution in [3.8, 4) is 0 Å². The topological polar surface area (TPSA) is 27.7 Å². The molecule has 0 amide bonds. The lowest BCUT2D eigenvalue weighted by Gasteiger charge is -2.30. The fraction of sp³-hybridized carbons (Fsp3) is 0.217. The van der Waals surface area contributed by atoms with Crippen molar-refractivity contribution in [1.82, 2.24) is 4.72 Å². The summed E-state index contributed by atoms with van der Waals surface area (Å²) in [5.74, 6) is 0. The maximum atomic E-state index is 6.43. The van der Waals surface area contributed by atoms with Crippen molar-refractivity contribution in [3.63, 3.8) is 0 Å². The van der Waals surface area contributed by atoms with Gasteiger partial charge in [-0.3, -0.25) is 4.72 Å². The predicted molar refractivity (Wildman–Crippen MR) is 125 cm³/mol. The molecule has 0 unspecified atom stereocenters. The van der Waals surface area contributed by atoms with Gasteiger partial charge in [0.05, 0.1) is 6.61 Å². The summed E-state index contributed by atoms with van der Waals surface area (Å²) < 4.78 is 14.7. The first-order chi connectivity index (χ1) is 14.3. The molecule has 0 radical (unpaired) electrons. The van der Waals surface area contributed by atoms with Crippen LogP contribution >= 0.6 is 20.4 Å². The number of para-hydroxylation sites is 2. The Morgan fingerprint density at radius 3 is 1.93 bits per heavy atom. The number of aryl methyl sites for hydroxylation is 1. The van der Waals surface area contributed by atoms with Crippen molar-refractivity contribution >= 4 is 31.8 Å². The van der Waals surface area contributed by atoms with Crippen molar-refractivity contribution in [3.05, 3.63) is 90.5 Å². The van der Waals surface area contributed by atoms with Gasteiger partial charge >= 0.3 is 0 Å². The molecule has 150 valence electrons. The second kappa shape index (κ2) is 10.1. The van der Waals surface area contributed by atoms with E-state index in [-0.39, 0.29) is 0 Å². The average molecular weight is 424 g/mol. The molecule has 6 heteroatoms. The van der Waals surface area contributed by atoms with E-state index in [4.69, 9.17) is 4.52 Å². The number of hydrogen-bond acceptors (Lipinski definition) is 5. The highest BCUT2D eigenvalue weighted by Crippen LogP contribution is 2.53. The van der Waals surface area contributed by atoms with Crippen LogP contribution in [0.5, 0.6) is 0 Å². The van der Waals surface area contributed by atoms with E-state index in [1.54, 1.807) is 11.9 Å². The van der Waals surface area contributed by atoms with Gasteiger partial charge in [0.1, 0.15) is 0 Å². The molecule has 0 bridgehead atoms. The molecule has 0 aromatic heterocycles. The van der Waals surface area contributed by atoms with Gasteiger partial charge in [0.15, 0.2) is 0 Å². The van der Waals surface area contributed by atoms with Crippen molar-refractivity contribution < 1.29 is 4.52 Å². The van der Waals surface area contributed by atoms with Gasteiger partial charge < -0.3 is 13.9 Å². The minimum Gasteiger partial charge on any atom is -0.321 e. The molecular weight excluding hydrogens is 397 g/mol. The molecule has 0 saturated carbocycles. The molecule has 29 heavy (non-hydrogen) atoms. The van der Waals surface area contributed by atoms with Crippen LogP contribution < -0.4 is 14.1 Å². The van der Waals surface area contributed by atoms with Crippen LogP contribution in [0.15, 0.2) is 89.8 Å². The Balaban J connectivity index is 1.37. The van der Waals surface area contributed by atoms with Gasteiger partial charge in [-0.25, -0.2) is 0 Å². The van der Waals surface area contributed by atoms with Crippen molar-refractivity contribution in [2.75, 3.05) is 35.6 Å². The summed E-state index contributed by atoms with van der Waals surface area (Å²) in [6.45, 7) is 5.50. The molecule has 0 aliphatic carbocycles. The average Bonchev–Trinajstić information content (AvgIpc) is 3.20. The summed E-state index contributed by atoms with van der Waals surface area (Å²) in [7, 11) is -0.882. The first-order valence-electron chi connectivity index (χ1n) is 9.86. The third-order valence-corrected chi connectivity index (χ3v) is 7.62. The Kier molecular flexibility index (Phi) is 7.07. The monoisotopic (exact) mass is 423 g/mol. The van der Waals surface area contributed by atoms with Crippen LogP contribution in [0.25, 0.3) is 0 Å². The Morgan fingerprint density at radius 1 is 0.828 bits per heavy atom. The number of rotatable bonds is 8. The smallest absolute Gasteiger partial charge is 0.248 e. The number of anilines is 2. The number of hydrogen-bond donors (Lipinski definition) is 1. The SMILES string of the molecule is Cc1ccc(SNCCOP2N(c3ccccc3)CCN2c2ccccc2)cc1. The second-order valence-corrected chi connectivity index (χ2v) is 9.51. The zero-order valence-electron chi connectivity index (χ0n) is 16.6. The normalized spacial score (nSPS) is 14.5. The van der Waals surface area contributed by atoms with Gasteiger partial charge in [-0.15, -0.1) is 0 Å². The van der Waals surface area contributed by atoms with E-state index in [9.17, 15) is 0 Å². The fourth-order valence-electron chi connectivity index (χ4n) is 3.20. The molecule has 1 saturated heterocycles. The van der Waals surface area contributed by atoms with Crippen molar-refractivity contribution in [2.45, 2.75) is 11.8 Å². The molecule has 0 atom stereocenters. The number of benzene rings is 3. The molecule has 1 fully saturated rings. The van der Waals surface area contributed by atoms with Crippen LogP contribution in [-0.2, 0) is 4.52 Å². The Hall–Kier alpha value is -2.04. The summed E-state index contributed by atoms with van der Waals surface area (Å²) >= 11 is 1.66. The number of nitrogens with one attached hydrogen (secondary N) is 1. The zero-order valence-corrected chi connectivity index (χ0v) is 18.3.